The fourth-order valence-corrected chi connectivity index (χ4v) is 2.90. The molecule has 0 radical (unpaired) electrons. The Balaban J connectivity index is 0.000000687. The van der Waals surface area contributed by atoms with Gasteiger partial charge in [0.05, 0.1) is 0 Å². The molecule has 4 nitrogen and oxygen atoms in total. The number of benzene rings is 3. The van der Waals surface area contributed by atoms with Crippen LogP contribution in [0.15, 0.2) is 66.7 Å². The minimum atomic E-state index is -2.30. The van der Waals surface area contributed by atoms with Crippen molar-refractivity contribution in [1.82, 2.24) is 10.8 Å². The quantitative estimate of drug-likeness (QED) is 0.297. The van der Waals surface area contributed by atoms with Crippen molar-refractivity contribution in [2.24, 2.45) is 5.92 Å². The van der Waals surface area contributed by atoms with E-state index in [4.69, 9.17) is 10.0 Å². The summed E-state index contributed by atoms with van der Waals surface area (Å²) in [6.45, 7) is 3.98. The van der Waals surface area contributed by atoms with Gasteiger partial charge in [0.15, 0.2) is 0 Å². The largest absolute Gasteiger partial charge is 0.310 e. The van der Waals surface area contributed by atoms with Crippen LogP contribution in [0.1, 0.15) is 19.4 Å². The predicted molar refractivity (Wildman–Crippen MR) is 112 cm³/mol. The van der Waals surface area contributed by atoms with Gasteiger partial charge >= 0.3 is 0 Å². The van der Waals surface area contributed by atoms with Crippen molar-refractivity contribution in [3.05, 3.63) is 72.3 Å². The molecule has 2 unspecified atom stereocenters. The molecule has 29 heavy (non-hydrogen) atoms. The second-order valence-electron chi connectivity index (χ2n) is 6.87. The van der Waals surface area contributed by atoms with Gasteiger partial charge in [-0.25, -0.2) is 14.3 Å². The minimum Gasteiger partial charge on any atom is -0.310 e. The standard InChI is InChI=1S/C22H23F2N.CH3NO2/c1-15(22(23)24)16(2)25-14-17-8-9-21-13-20(11-10-19(21)12-17)18-6-4-3-5-7-18;3-1-2-4/h3-13,15-16,22,25H,14H2,1-2H3;1,4H,(H,2,3). The predicted octanol–water partition coefficient (Wildman–Crippen LogP) is 5.01. The Morgan fingerprint density at radius 3 is 2.17 bits per heavy atom. The summed E-state index contributed by atoms with van der Waals surface area (Å²) >= 11 is 0. The van der Waals surface area contributed by atoms with Gasteiger partial charge in [0.25, 0.3) is 0 Å². The van der Waals surface area contributed by atoms with Crippen LogP contribution in [0.25, 0.3) is 21.9 Å². The summed E-state index contributed by atoms with van der Waals surface area (Å²) in [4.78, 5) is 8.81. The van der Waals surface area contributed by atoms with E-state index >= 15 is 0 Å². The van der Waals surface area contributed by atoms with Crippen LogP contribution in [0.3, 0.4) is 0 Å². The number of amides is 1. The number of rotatable bonds is 7. The van der Waals surface area contributed by atoms with E-state index in [9.17, 15) is 8.78 Å². The number of carbonyl (C=O) groups is 1. The molecule has 0 bridgehead atoms. The Morgan fingerprint density at radius 1 is 0.931 bits per heavy atom. The normalized spacial score (nSPS) is 12.8. The molecule has 0 aliphatic heterocycles. The third-order valence-corrected chi connectivity index (χ3v) is 4.88. The molecule has 3 rings (SSSR count). The molecule has 0 aliphatic rings. The van der Waals surface area contributed by atoms with Crippen LogP contribution in [-0.4, -0.2) is 24.1 Å². The number of fused-ring (bicyclic) bond motifs is 1. The molecule has 3 aromatic rings. The van der Waals surface area contributed by atoms with Crippen LogP contribution in [0.2, 0.25) is 0 Å². The lowest BCUT2D eigenvalue weighted by atomic mass is 9.99. The maximum atomic E-state index is 12.8. The molecule has 2 atom stereocenters. The first-order chi connectivity index (χ1) is 14.0. The van der Waals surface area contributed by atoms with Crippen LogP contribution < -0.4 is 10.8 Å². The van der Waals surface area contributed by atoms with Crippen molar-refractivity contribution in [2.75, 3.05) is 0 Å². The fourth-order valence-electron chi connectivity index (χ4n) is 2.90. The molecule has 0 aliphatic carbocycles. The molecule has 0 heterocycles. The van der Waals surface area contributed by atoms with Gasteiger partial charge in [-0.1, -0.05) is 61.5 Å². The highest BCUT2D eigenvalue weighted by molar-refractivity contribution is 5.87. The molecule has 154 valence electrons. The first-order valence-electron chi connectivity index (χ1n) is 9.39. The molecule has 3 N–H and O–H groups in total. The summed E-state index contributed by atoms with van der Waals surface area (Å²) in [7, 11) is 0. The molecule has 0 fully saturated rings. The summed E-state index contributed by atoms with van der Waals surface area (Å²) in [5.74, 6) is -0.658. The Kier molecular flexibility index (Phi) is 8.70. The Bertz CT molecular complexity index is 904. The first-order valence-corrected chi connectivity index (χ1v) is 9.39. The minimum absolute atomic E-state index is 0.181. The van der Waals surface area contributed by atoms with Gasteiger partial charge in [0.2, 0.25) is 12.8 Å². The number of nitrogens with one attached hydrogen (secondary N) is 2. The number of alkyl halides is 2. The van der Waals surface area contributed by atoms with Crippen molar-refractivity contribution in [3.63, 3.8) is 0 Å². The van der Waals surface area contributed by atoms with Crippen molar-refractivity contribution in [1.29, 1.82) is 0 Å². The van der Waals surface area contributed by atoms with E-state index < -0.39 is 12.3 Å². The van der Waals surface area contributed by atoms with Crippen molar-refractivity contribution < 1.29 is 18.8 Å². The van der Waals surface area contributed by atoms with Gasteiger partial charge in [-0.2, -0.15) is 0 Å². The van der Waals surface area contributed by atoms with Gasteiger partial charge in [-0.05, 0) is 46.5 Å². The summed E-state index contributed by atoms with van der Waals surface area (Å²) in [6, 6.07) is 22.8. The third kappa shape index (κ3) is 6.62. The SMILES string of the molecule is CC(NCc1ccc2cc(-c3ccccc3)ccc2c1)C(C)C(F)F.O=CNO. The van der Waals surface area contributed by atoms with Crippen LogP contribution in [0, 0.1) is 5.92 Å². The zero-order valence-corrected chi connectivity index (χ0v) is 16.5. The fraction of sp³-hybridized carbons (Fsp3) is 0.261. The summed E-state index contributed by atoms with van der Waals surface area (Å²) in [6.07, 6.45) is -2.12. The molecular formula is C23H26F2N2O2. The number of hydrogen-bond donors (Lipinski definition) is 3. The van der Waals surface area contributed by atoms with Crippen LogP contribution >= 0.6 is 0 Å². The molecule has 1 amide bonds. The highest BCUT2D eigenvalue weighted by atomic mass is 19.3. The highest BCUT2D eigenvalue weighted by Gasteiger charge is 2.21. The summed E-state index contributed by atoms with van der Waals surface area (Å²) < 4.78 is 25.5. The molecule has 0 saturated heterocycles. The molecule has 6 heteroatoms. The third-order valence-electron chi connectivity index (χ3n) is 4.88. The Morgan fingerprint density at radius 2 is 1.55 bits per heavy atom. The highest BCUT2D eigenvalue weighted by Crippen LogP contribution is 2.25. The van der Waals surface area contributed by atoms with Crippen molar-refractivity contribution in [2.45, 2.75) is 32.9 Å². The number of hydrogen-bond acceptors (Lipinski definition) is 3. The smallest absolute Gasteiger partial charge is 0.242 e. The molecular weight excluding hydrogens is 374 g/mol. The van der Waals surface area contributed by atoms with Gasteiger partial charge < -0.3 is 5.32 Å². The maximum absolute atomic E-state index is 12.8. The maximum Gasteiger partial charge on any atom is 0.242 e. The van der Waals surface area contributed by atoms with Gasteiger partial charge in [0.1, 0.15) is 0 Å². The monoisotopic (exact) mass is 400 g/mol. The summed E-state index contributed by atoms with van der Waals surface area (Å²) in [5.41, 5.74) is 4.75. The van der Waals surface area contributed by atoms with Gasteiger partial charge in [-0.15, -0.1) is 0 Å². The van der Waals surface area contributed by atoms with Gasteiger partial charge in [0, 0.05) is 18.5 Å². The van der Waals surface area contributed by atoms with E-state index in [0.29, 0.717) is 6.54 Å². The Labute approximate surface area is 169 Å². The molecule has 0 aromatic heterocycles. The number of hydroxylamine groups is 1. The van der Waals surface area contributed by atoms with E-state index in [1.807, 2.05) is 25.1 Å². The van der Waals surface area contributed by atoms with Crippen molar-refractivity contribution in [3.8, 4) is 11.1 Å². The average molecular weight is 400 g/mol. The number of carbonyl (C=O) groups excluding carboxylic acids is 1. The van der Waals surface area contributed by atoms with E-state index in [1.165, 1.54) is 22.0 Å². The second kappa shape index (κ2) is 11.2. The van der Waals surface area contributed by atoms with Crippen LogP contribution in [0.4, 0.5) is 8.78 Å². The van der Waals surface area contributed by atoms with E-state index in [-0.39, 0.29) is 12.5 Å². The average Bonchev–Trinajstić information content (AvgIpc) is 2.77. The summed E-state index contributed by atoms with van der Waals surface area (Å²) in [5, 5.41) is 12.8. The molecule has 0 saturated carbocycles. The van der Waals surface area contributed by atoms with E-state index in [2.05, 4.69) is 53.8 Å². The van der Waals surface area contributed by atoms with Gasteiger partial charge in [-0.3, -0.25) is 10.0 Å². The molecule has 3 aromatic carbocycles. The zero-order valence-electron chi connectivity index (χ0n) is 16.5. The van der Waals surface area contributed by atoms with Crippen LogP contribution in [0.5, 0.6) is 0 Å². The van der Waals surface area contributed by atoms with E-state index in [0.717, 1.165) is 10.9 Å². The lowest BCUT2D eigenvalue weighted by Crippen LogP contribution is -2.35. The topological polar surface area (TPSA) is 61.4 Å². The van der Waals surface area contributed by atoms with Crippen molar-refractivity contribution >= 4 is 17.2 Å². The number of halogens is 2. The lowest BCUT2D eigenvalue weighted by molar-refractivity contribution is -0.116. The second-order valence-corrected chi connectivity index (χ2v) is 6.87. The lowest BCUT2D eigenvalue weighted by Gasteiger charge is -2.20. The van der Waals surface area contributed by atoms with Crippen LogP contribution in [-0.2, 0) is 11.3 Å². The first kappa shape index (κ1) is 22.5. The van der Waals surface area contributed by atoms with E-state index in [1.54, 1.807) is 6.92 Å². The molecule has 0 spiro atoms. The zero-order chi connectivity index (χ0) is 21.2. The Hall–Kier alpha value is -2.83.